The summed E-state index contributed by atoms with van der Waals surface area (Å²) in [6.45, 7) is 0.248. The maximum absolute atomic E-state index is 12.8. The summed E-state index contributed by atoms with van der Waals surface area (Å²) in [7, 11) is 0. The zero-order valence-electron chi connectivity index (χ0n) is 19.7. The van der Waals surface area contributed by atoms with Crippen molar-refractivity contribution in [1.29, 1.82) is 0 Å². The zero-order chi connectivity index (χ0) is 24.4. The molecule has 3 aliphatic carbocycles. The monoisotopic (exact) mass is 476 g/mol. The topological polar surface area (TPSA) is 105 Å². The number of alkyl carbamates (subject to hydrolysis) is 1. The second-order valence-corrected chi connectivity index (χ2v) is 10.1. The molecule has 0 spiro atoms. The molecule has 2 aromatic carbocycles. The van der Waals surface area contributed by atoms with Crippen molar-refractivity contribution in [2.24, 2.45) is 11.8 Å². The number of carbonyl (C=O) groups is 3. The predicted molar refractivity (Wildman–Crippen MR) is 131 cm³/mol. The first-order valence-corrected chi connectivity index (χ1v) is 12.6. The fourth-order valence-electron chi connectivity index (χ4n) is 5.56. The highest BCUT2D eigenvalue weighted by Gasteiger charge is 2.34. The van der Waals surface area contributed by atoms with Crippen LogP contribution in [0, 0.1) is 11.8 Å². The Balaban J connectivity index is 1.14. The number of hydrogen-bond donors (Lipinski definition) is 3. The molecule has 0 saturated heterocycles. The summed E-state index contributed by atoms with van der Waals surface area (Å²) in [6, 6.07) is 15.4. The Morgan fingerprint density at radius 1 is 0.943 bits per heavy atom. The van der Waals surface area contributed by atoms with E-state index in [1.54, 1.807) is 0 Å². The fourth-order valence-corrected chi connectivity index (χ4v) is 5.56. The van der Waals surface area contributed by atoms with Gasteiger partial charge in [0.05, 0.1) is 0 Å². The van der Waals surface area contributed by atoms with Gasteiger partial charge in [-0.3, -0.25) is 4.79 Å². The molecule has 2 aromatic rings. The lowest BCUT2D eigenvalue weighted by molar-refractivity contribution is -0.143. The van der Waals surface area contributed by atoms with Crippen molar-refractivity contribution in [1.82, 2.24) is 10.6 Å². The number of aliphatic carboxylic acids is 1. The molecule has 5 rings (SSSR count). The van der Waals surface area contributed by atoms with Crippen molar-refractivity contribution >= 4 is 18.0 Å². The molecule has 0 aromatic heterocycles. The van der Waals surface area contributed by atoms with Crippen molar-refractivity contribution < 1.29 is 24.2 Å². The average molecular weight is 477 g/mol. The minimum absolute atomic E-state index is 0.00236. The van der Waals surface area contributed by atoms with Crippen LogP contribution < -0.4 is 10.6 Å². The number of amides is 2. The van der Waals surface area contributed by atoms with Crippen LogP contribution in [0.5, 0.6) is 0 Å². The van der Waals surface area contributed by atoms with E-state index in [1.807, 2.05) is 24.3 Å². The molecule has 7 heteroatoms. The number of fused-ring (bicyclic) bond motifs is 3. The zero-order valence-corrected chi connectivity index (χ0v) is 19.7. The van der Waals surface area contributed by atoms with E-state index in [1.165, 1.54) is 11.1 Å². The Kier molecular flexibility index (Phi) is 6.75. The number of nitrogens with one attached hydrogen (secondary N) is 2. The normalized spacial score (nSPS) is 21.9. The first-order valence-electron chi connectivity index (χ1n) is 12.6. The Morgan fingerprint density at radius 2 is 1.60 bits per heavy atom. The summed E-state index contributed by atoms with van der Waals surface area (Å²) in [6.07, 6.45) is 4.86. The van der Waals surface area contributed by atoms with Gasteiger partial charge in [-0.25, -0.2) is 9.59 Å². The third-order valence-corrected chi connectivity index (χ3v) is 7.59. The molecule has 184 valence electrons. The third kappa shape index (κ3) is 5.34. The van der Waals surface area contributed by atoms with Gasteiger partial charge in [-0.2, -0.15) is 0 Å². The number of benzene rings is 2. The molecular weight excluding hydrogens is 444 g/mol. The smallest absolute Gasteiger partial charge is 0.407 e. The molecule has 3 aliphatic rings. The second-order valence-electron chi connectivity index (χ2n) is 10.1. The SMILES string of the molecule is O=C(N[C@@H]1CCC[C@@H](C(=O)N[C@@H](CC2CC2)C(=O)O)C1)OCC1c2ccccc2-c2ccccc21. The maximum Gasteiger partial charge on any atom is 0.407 e. The van der Waals surface area contributed by atoms with Gasteiger partial charge in [-0.1, -0.05) is 67.8 Å². The van der Waals surface area contributed by atoms with Gasteiger partial charge >= 0.3 is 12.1 Å². The van der Waals surface area contributed by atoms with Crippen LogP contribution >= 0.6 is 0 Å². The number of rotatable bonds is 8. The van der Waals surface area contributed by atoms with E-state index in [2.05, 4.69) is 34.9 Å². The lowest BCUT2D eigenvalue weighted by Crippen LogP contribution is -2.47. The Bertz CT molecular complexity index is 1070. The highest BCUT2D eigenvalue weighted by molar-refractivity contribution is 5.85. The first-order chi connectivity index (χ1) is 17.0. The predicted octanol–water partition coefficient (Wildman–Crippen LogP) is 4.45. The molecule has 7 nitrogen and oxygen atoms in total. The fraction of sp³-hybridized carbons (Fsp3) is 0.464. The summed E-state index contributed by atoms with van der Waals surface area (Å²) >= 11 is 0. The molecule has 35 heavy (non-hydrogen) atoms. The Hall–Kier alpha value is -3.35. The van der Waals surface area contributed by atoms with Crippen LogP contribution in [-0.4, -0.2) is 41.8 Å². The Morgan fingerprint density at radius 3 is 2.23 bits per heavy atom. The van der Waals surface area contributed by atoms with Gasteiger partial charge in [-0.15, -0.1) is 0 Å². The molecule has 0 radical (unpaired) electrons. The molecule has 2 saturated carbocycles. The van der Waals surface area contributed by atoms with Crippen LogP contribution in [0.25, 0.3) is 11.1 Å². The van der Waals surface area contributed by atoms with E-state index in [9.17, 15) is 19.5 Å². The van der Waals surface area contributed by atoms with E-state index < -0.39 is 18.1 Å². The van der Waals surface area contributed by atoms with Gasteiger partial charge in [0.15, 0.2) is 0 Å². The molecule has 0 aliphatic heterocycles. The lowest BCUT2D eigenvalue weighted by Gasteiger charge is -2.29. The number of carbonyl (C=O) groups excluding carboxylic acids is 2. The standard InChI is InChI=1S/C28H32N2O5/c31-26(30-25(27(32)33)14-17-12-13-17)18-6-5-7-19(15-18)29-28(34)35-16-24-22-10-3-1-8-20(22)21-9-2-4-11-23(21)24/h1-4,8-11,17-19,24-25H,5-7,12-16H2,(H,29,34)(H,30,31)(H,32,33)/t18-,19-,25+/m1/s1. The van der Waals surface area contributed by atoms with Gasteiger partial charge in [-0.05, 0) is 53.9 Å². The van der Waals surface area contributed by atoms with Gasteiger partial charge < -0.3 is 20.5 Å². The van der Waals surface area contributed by atoms with Crippen molar-refractivity contribution in [3.8, 4) is 11.1 Å². The number of carboxylic acid groups (broad SMARTS) is 1. The minimum Gasteiger partial charge on any atom is -0.480 e. The van der Waals surface area contributed by atoms with Crippen LogP contribution in [0.4, 0.5) is 4.79 Å². The Labute approximate surface area is 205 Å². The van der Waals surface area contributed by atoms with E-state index in [-0.39, 0.29) is 30.4 Å². The van der Waals surface area contributed by atoms with Gasteiger partial charge in [0.1, 0.15) is 12.6 Å². The summed E-state index contributed by atoms with van der Waals surface area (Å²) < 4.78 is 5.66. The van der Waals surface area contributed by atoms with Crippen LogP contribution in [0.15, 0.2) is 48.5 Å². The molecule has 0 heterocycles. The quantitative estimate of drug-likeness (QED) is 0.522. The van der Waals surface area contributed by atoms with E-state index >= 15 is 0 Å². The minimum atomic E-state index is -0.977. The molecule has 2 fully saturated rings. The van der Waals surface area contributed by atoms with Gasteiger partial charge in [0.25, 0.3) is 0 Å². The number of carboxylic acids is 1. The highest BCUT2D eigenvalue weighted by Crippen LogP contribution is 2.44. The molecule has 0 unspecified atom stereocenters. The highest BCUT2D eigenvalue weighted by atomic mass is 16.5. The van der Waals surface area contributed by atoms with Crippen LogP contribution in [0.1, 0.15) is 62.0 Å². The van der Waals surface area contributed by atoms with E-state index in [4.69, 9.17) is 4.74 Å². The summed E-state index contributed by atoms with van der Waals surface area (Å²) in [5, 5.41) is 15.1. The molecule has 0 bridgehead atoms. The average Bonchev–Trinajstić information content (AvgIpc) is 3.63. The van der Waals surface area contributed by atoms with Crippen molar-refractivity contribution in [2.75, 3.05) is 6.61 Å². The third-order valence-electron chi connectivity index (χ3n) is 7.59. The summed E-state index contributed by atoms with van der Waals surface area (Å²) in [5.41, 5.74) is 4.68. The summed E-state index contributed by atoms with van der Waals surface area (Å²) in [5.74, 6) is -1.10. The molecule has 2 amide bonds. The van der Waals surface area contributed by atoms with Crippen LogP contribution in [0.2, 0.25) is 0 Å². The number of ether oxygens (including phenoxy) is 1. The maximum atomic E-state index is 12.8. The first kappa shape index (κ1) is 23.4. The van der Waals surface area contributed by atoms with E-state index in [0.717, 1.165) is 36.8 Å². The molecule has 3 atom stereocenters. The van der Waals surface area contributed by atoms with Crippen molar-refractivity contribution in [3.63, 3.8) is 0 Å². The van der Waals surface area contributed by atoms with E-state index in [0.29, 0.717) is 25.2 Å². The largest absolute Gasteiger partial charge is 0.480 e. The second kappa shape index (κ2) is 10.1. The lowest BCUT2D eigenvalue weighted by atomic mass is 9.85. The van der Waals surface area contributed by atoms with Crippen LogP contribution in [0.3, 0.4) is 0 Å². The van der Waals surface area contributed by atoms with Gasteiger partial charge in [0, 0.05) is 17.9 Å². The van der Waals surface area contributed by atoms with Gasteiger partial charge in [0.2, 0.25) is 5.91 Å². The van der Waals surface area contributed by atoms with Crippen molar-refractivity contribution in [3.05, 3.63) is 59.7 Å². The number of hydrogen-bond acceptors (Lipinski definition) is 4. The van der Waals surface area contributed by atoms with Crippen molar-refractivity contribution in [2.45, 2.75) is 62.9 Å². The molecule has 3 N–H and O–H groups in total. The van der Waals surface area contributed by atoms with Crippen LogP contribution in [-0.2, 0) is 14.3 Å². The summed E-state index contributed by atoms with van der Waals surface area (Å²) in [4.78, 5) is 37.0. The molecular formula is C28H32N2O5.